The van der Waals surface area contributed by atoms with Gasteiger partial charge >= 0.3 is 0 Å². The summed E-state index contributed by atoms with van der Waals surface area (Å²) in [6.45, 7) is 3.68. The van der Waals surface area contributed by atoms with Crippen LogP contribution in [0.4, 0.5) is 0 Å². The van der Waals surface area contributed by atoms with Gasteiger partial charge in [-0.15, -0.1) is 0 Å². The normalized spacial score (nSPS) is 41.5. The van der Waals surface area contributed by atoms with Crippen molar-refractivity contribution in [3.63, 3.8) is 0 Å². The van der Waals surface area contributed by atoms with Gasteiger partial charge in [-0.25, -0.2) is 0 Å². The maximum Gasteiger partial charge on any atom is 0.00683 e. The lowest BCUT2D eigenvalue weighted by Gasteiger charge is -2.15. The van der Waals surface area contributed by atoms with Gasteiger partial charge in [-0.1, -0.05) is 32.6 Å². The largest absolute Gasteiger partial charge is 0.314 e. The number of nitrogens with one attached hydrogen (secondary N) is 1. The summed E-state index contributed by atoms with van der Waals surface area (Å²) in [7, 11) is 0. The Hall–Kier alpha value is -0.0400. The molecule has 1 nitrogen and oxygen atoms in total. The van der Waals surface area contributed by atoms with E-state index in [1.807, 2.05) is 0 Å². The molecule has 0 aromatic rings. The van der Waals surface area contributed by atoms with Crippen LogP contribution < -0.4 is 5.32 Å². The van der Waals surface area contributed by atoms with E-state index in [0.29, 0.717) is 0 Å². The molecule has 0 aromatic heterocycles. The minimum atomic E-state index is 0.810. The van der Waals surface area contributed by atoms with Crippen molar-refractivity contribution in [1.82, 2.24) is 5.32 Å². The zero-order valence-electron chi connectivity index (χ0n) is 11.5. The Kier molecular flexibility index (Phi) is 3.47. The van der Waals surface area contributed by atoms with Crippen molar-refractivity contribution in [3.05, 3.63) is 0 Å². The Balaban J connectivity index is 1.44. The van der Waals surface area contributed by atoms with E-state index >= 15 is 0 Å². The number of hydrogen-bond acceptors (Lipinski definition) is 1. The lowest BCUT2D eigenvalue weighted by Crippen LogP contribution is -2.21. The van der Waals surface area contributed by atoms with E-state index in [1.54, 1.807) is 19.3 Å². The van der Waals surface area contributed by atoms with Crippen LogP contribution in [0, 0.1) is 17.3 Å². The third-order valence-electron chi connectivity index (χ3n) is 5.62. The molecular weight excluding hydrogens is 206 g/mol. The van der Waals surface area contributed by atoms with E-state index in [4.69, 9.17) is 0 Å². The van der Waals surface area contributed by atoms with Gasteiger partial charge in [-0.2, -0.15) is 0 Å². The molecule has 3 unspecified atom stereocenters. The summed E-state index contributed by atoms with van der Waals surface area (Å²) >= 11 is 0. The molecule has 3 aliphatic carbocycles. The smallest absolute Gasteiger partial charge is 0.00683 e. The van der Waals surface area contributed by atoms with Gasteiger partial charge in [-0.3, -0.25) is 0 Å². The van der Waals surface area contributed by atoms with Crippen LogP contribution in [0.1, 0.15) is 71.1 Å². The van der Waals surface area contributed by atoms with E-state index in [9.17, 15) is 0 Å². The van der Waals surface area contributed by atoms with Crippen LogP contribution in [-0.4, -0.2) is 12.6 Å². The first-order valence-corrected chi connectivity index (χ1v) is 8.06. The third kappa shape index (κ3) is 2.86. The highest BCUT2D eigenvalue weighted by atomic mass is 15.0. The summed E-state index contributed by atoms with van der Waals surface area (Å²) in [5.41, 5.74) is 0.810. The summed E-state index contributed by atoms with van der Waals surface area (Å²) in [6, 6.07) is 0.909. The second-order valence-corrected chi connectivity index (χ2v) is 7.03. The van der Waals surface area contributed by atoms with Crippen LogP contribution in [0.2, 0.25) is 0 Å². The van der Waals surface area contributed by atoms with Gasteiger partial charge in [0.15, 0.2) is 0 Å². The van der Waals surface area contributed by atoms with Gasteiger partial charge in [0.1, 0.15) is 0 Å². The minimum absolute atomic E-state index is 0.810. The standard InChI is InChI=1S/C16H29N/c1-2-4-13-5-3-9-16(10-8-13)11-14(16)12-17-15-6-7-15/h13-15,17H,2-12H2,1H3. The van der Waals surface area contributed by atoms with E-state index in [-0.39, 0.29) is 0 Å². The van der Waals surface area contributed by atoms with E-state index in [1.165, 1.54) is 51.5 Å². The Morgan fingerprint density at radius 1 is 1.12 bits per heavy atom. The van der Waals surface area contributed by atoms with E-state index < -0.39 is 0 Å². The average Bonchev–Trinajstić information content (AvgIpc) is 3.20. The highest BCUT2D eigenvalue weighted by molar-refractivity contribution is 5.04. The van der Waals surface area contributed by atoms with Crippen molar-refractivity contribution in [1.29, 1.82) is 0 Å². The summed E-state index contributed by atoms with van der Waals surface area (Å²) in [5.74, 6) is 2.11. The zero-order chi connectivity index (χ0) is 11.7. The van der Waals surface area contributed by atoms with Gasteiger partial charge in [0.05, 0.1) is 0 Å². The molecule has 3 atom stereocenters. The lowest BCUT2D eigenvalue weighted by atomic mass is 9.91. The van der Waals surface area contributed by atoms with E-state index in [2.05, 4.69) is 12.2 Å². The molecule has 98 valence electrons. The molecule has 0 saturated heterocycles. The van der Waals surface area contributed by atoms with Crippen molar-refractivity contribution in [2.75, 3.05) is 6.54 Å². The van der Waals surface area contributed by atoms with Gasteiger partial charge < -0.3 is 5.32 Å². The molecule has 0 aromatic carbocycles. The summed E-state index contributed by atoms with van der Waals surface area (Å²) < 4.78 is 0. The van der Waals surface area contributed by atoms with Crippen LogP contribution in [-0.2, 0) is 0 Å². The summed E-state index contributed by atoms with van der Waals surface area (Å²) in [4.78, 5) is 0. The van der Waals surface area contributed by atoms with Crippen molar-refractivity contribution in [2.45, 2.75) is 77.2 Å². The monoisotopic (exact) mass is 235 g/mol. The fraction of sp³-hybridized carbons (Fsp3) is 1.00. The summed E-state index contributed by atoms with van der Waals surface area (Å²) in [6.07, 6.45) is 15.0. The quantitative estimate of drug-likeness (QED) is 0.755. The van der Waals surface area contributed by atoms with Crippen LogP contribution in [0.5, 0.6) is 0 Å². The number of hydrogen-bond donors (Lipinski definition) is 1. The van der Waals surface area contributed by atoms with Crippen molar-refractivity contribution < 1.29 is 0 Å². The maximum absolute atomic E-state index is 3.75. The molecule has 0 bridgehead atoms. The molecular formula is C16H29N. The molecule has 1 spiro atoms. The lowest BCUT2D eigenvalue weighted by molar-refractivity contribution is 0.367. The van der Waals surface area contributed by atoms with Gasteiger partial charge in [0, 0.05) is 6.04 Å². The van der Waals surface area contributed by atoms with Crippen LogP contribution in [0.25, 0.3) is 0 Å². The molecule has 3 aliphatic rings. The molecule has 3 fully saturated rings. The van der Waals surface area contributed by atoms with Crippen molar-refractivity contribution >= 4 is 0 Å². The molecule has 0 amide bonds. The Morgan fingerprint density at radius 2 is 2.00 bits per heavy atom. The molecule has 1 N–H and O–H groups in total. The van der Waals surface area contributed by atoms with Crippen LogP contribution in [0.15, 0.2) is 0 Å². The fourth-order valence-electron chi connectivity index (χ4n) is 4.13. The highest BCUT2D eigenvalue weighted by Crippen LogP contribution is 2.61. The molecule has 0 heterocycles. The molecule has 0 radical (unpaired) electrons. The van der Waals surface area contributed by atoms with Crippen molar-refractivity contribution in [2.24, 2.45) is 17.3 Å². The molecule has 0 aliphatic heterocycles. The van der Waals surface area contributed by atoms with Gasteiger partial charge in [-0.05, 0) is 62.3 Å². The first-order chi connectivity index (χ1) is 8.32. The second kappa shape index (κ2) is 4.91. The van der Waals surface area contributed by atoms with Crippen LogP contribution >= 0.6 is 0 Å². The molecule has 1 heteroatoms. The average molecular weight is 235 g/mol. The highest BCUT2D eigenvalue weighted by Gasteiger charge is 2.53. The topological polar surface area (TPSA) is 12.0 Å². The number of rotatable bonds is 5. The molecule has 3 rings (SSSR count). The van der Waals surface area contributed by atoms with Crippen molar-refractivity contribution in [3.8, 4) is 0 Å². The van der Waals surface area contributed by atoms with Crippen LogP contribution in [0.3, 0.4) is 0 Å². The Bertz CT molecular complexity index is 258. The van der Waals surface area contributed by atoms with Gasteiger partial charge in [0.25, 0.3) is 0 Å². The Labute approximate surface area is 107 Å². The second-order valence-electron chi connectivity index (χ2n) is 7.03. The maximum atomic E-state index is 3.75. The predicted molar refractivity (Wildman–Crippen MR) is 73.0 cm³/mol. The third-order valence-corrected chi connectivity index (χ3v) is 5.62. The Morgan fingerprint density at radius 3 is 2.76 bits per heavy atom. The molecule has 17 heavy (non-hydrogen) atoms. The zero-order valence-corrected chi connectivity index (χ0v) is 11.5. The minimum Gasteiger partial charge on any atom is -0.314 e. The SMILES string of the molecule is CCCC1CCCC2(CC1)CC2CNC1CC1. The first kappa shape index (κ1) is 12.0. The predicted octanol–water partition coefficient (Wildman–Crippen LogP) is 4.13. The fourth-order valence-corrected chi connectivity index (χ4v) is 4.13. The van der Waals surface area contributed by atoms with E-state index in [0.717, 1.165) is 23.3 Å². The summed E-state index contributed by atoms with van der Waals surface area (Å²) in [5, 5.41) is 3.75. The van der Waals surface area contributed by atoms with Gasteiger partial charge in [0.2, 0.25) is 0 Å². The molecule has 3 saturated carbocycles. The first-order valence-electron chi connectivity index (χ1n) is 8.06.